The van der Waals surface area contributed by atoms with E-state index in [0.717, 1.165) is 11.1 Å². The Labute approximate surface area is 240 Å². The van der Waals surface area contributed by atoms with Crippen LogP contribution in [0.2, 0.25) is 0 Å². The number of rotatable bonds is 4. The summed E-state index contributed by atoms with van der Waals surface area (Å²) < 4.78 is 4.01. The fraction of sp³-hybridized carbons (Fsp3) is 0.387. The maximum Gasteiger partial charge on any atom is 0.334 e. The molecule has 4 amide bonds. The van der Waals surface area contributed by atoms with Crippen molar-refractivity contribution in [2.75, 3.05) is 16.4 Å². The van der Waals surface area contributed by atoms with Crippen LogP contribution < -0.4 is 9.80 Å². The van der Waals surface area contributed by atoms with Crippen molar-refractivity contribution in [3.05, 3.63) is 70.8 Å². The van der Waals surface area contributed by atoms with Gasteiger partial charge in [0.2, 0.25) is 23.6 Å². The van der Waals surface area contributed by atoms with E-state index in [9.17, 15) is 24.0 Å². The second-order valence-electron chi connectivity index (χ2n) is 11.3. The van der Waals surface area contributed by atoms with Gasteiger partial charge in [-0.25, -0.2) is 14.6 Å². The third-order valence-corrected chi connectivity index (χ3v) is 11.1. The normalized spacial score (nSPS) is 32.6. The smallest absolute Gasteiger partial charge is 0.334 e. The molecule has 3 aliphatic carbocycles. The number of nitrogens with zero attached hydrogens (tertiary/aromatic N) is 2. The summed E-state index contributed by atoms with van der Waals surface area (Å²) in [5.41, 5.74) is 1.55. The molecule has 2 saturated heterocycles. The van der Waals surface area contributed by atoms with Gasteiger partial charge in [-0.15, -0.1) is 0 Å². The highest BCUT2D eigenvalue weighted by atomic mass is 79.9. The second kappa shape index (κ2) is 8.70. The number of amides is 4. The average Bonchev–Trinajstić information content (AvgIpc) is 3.34. The fourth-order valence-electron chi connectivity index (χ4n) is 7.83. The number of esters is 1. The number of carbonyl (C=O) groups excluding carboxylic acids is 5. The minimum Gasteiger partial charge on any atom is -0.463 e. The van der Waals surface area contributed by atoms with Crippen LogP contribution in [-0.2, 0) is 28.7 Å². The highest BCUT2D eigenvalue weighted by Crippen LogP contribution is 2.72. The first-order valence-electron chi connectivity index (χ1n) is 13.4. The number of carbonyl (C=O) groups is 5. The zero-order valence-electron chi connectivity index (χ0n) is 22.9. The molecular formula is C31H29BrN2O6. The third-order valence-electron chi connectivity index (χ3n) is 9.49. The van der Waals surface area contributed by atoms with Crippen LogP contribution in [0, 0.1) is 42.9 Å². The number of anilines is 2. The molecule has 9 heteroatoms. The van der Waals surface area contributed by atoms with Gasteiger partial charge in [0.15, 0.2) is 0 Å². The van der Waals surface area contributed by atoms with Crippen molar-refractivity contribution >= 4 is 56.9 Å². The number of benzene rings is 2. The average molecular weight is 605 g/mol. The van der Waals surface area contributed by atoms with Crippen molar-refractivity contribution in [3.8, 4) is 0 Å². The van der Waals surface area contributed by atoms with E-state index in [2.05, 4.69) is 15.9 Å². The van der Waals surface area contributed by atoms with Crippen molar-refractivity contribution in [2.24, 2.45) is 29.1 Å². The van der Waals surface area contributed by atoms with Crippen molar-refractivity contribution in [3.63, 3.8) is 0 Å². The molecule has 40 heavy (non-hydrogen) atoms. The van der Waals surface area contributed by atoms with Gasteiger partial charge >= 0.3 is 5.97 Å². The Bertz CT molecular complexity index is 1490. The van der Waals surface area contributed by atoms with E-state index in [1.54, 1.807) is 45.0 Å². The number of para-hydroxylation sites is 2. The summed E-state index contributed by atoms with van der Waals surface area (Å²) in [6.07, 6.45) is 0. The largest absolute Gasteiger partial charge is 0.463 e. The first kappa shape index (κ1) is 26.6. The number of hydrogen-bond acceptors (Lipinski definition) is 6. The van der Waals surface area contributed by atoms with Gasteiger partial charge in [0.1, 0.15) is 0 Å². The quantitative estimate of drug-likeness (QED) is 0.294. The summed E-state index contributed by atoms with van der Waals surface area (Å²) in [5.74, 6) is -6.65. The Morgan fingerprint density at radius 2 is 1.18 bits per heavy atom. The molecule has 0 aromatic heterocycles. The highest BCUT2D eigenvalue weighted by molar-refractivity contribution is 9.10. The van der Waals surface area contributed by atoms with Crippen LogP contribution in [0.5, 0.6) is 0 Å². The summed E-state index contributed by atoms with van der Waals surface area (Å²) in [6, 6.07) is 14.2. The van der Waals surface area contributed by atoms with Crippen LogP contribution in [0.4, 0.5) is 11.4 Å². The number of aryl methyl sites for hydroxylation is 2. The number of imide groups is 2. The molecule has 0 radical (unpaired) electrons. The lowest BCUT2D eigenvalue weighted by atomic mass is 9.43. The molecule has 8 nitrogen and oxygen atoms in total. The van der Waals surface area contributed by atoms with E-state index < -0.39 is 63.0 Å². The van der Waals surface area contributed by atoms with Gasteiger partial charge < -0.3 is 4.74 Å². The molecule has 0 N–H and O–H groups in total. The number of hydrogen-bond donors (Lipinski definition) is 0. The van der Waals surface area contributed by atoms with E-state index in [4.69, 9.17) is 4.74 Å². The van der Waals surface area contributed by atoms with Crippen molar-refractivity contribution < 1.29 is 28.7 Å². The number of alkyl halides is 1. The summed E-state index contributed by atoms with van der Waals surface area (Å²) in [5, 5.41) is 0. The lowest BCUT2D eigenvalue weighted by Gasteiger charge is -2.59. The maximum atomic E-state index is 14.4. The number of halogens is 1. The standard InChI is InChI=1S/C31H29BrN2O6/c1-6-40-29(39)20-17(4)31(32)23-21(25(35)33(27(23)37)18-13-9-7-11-15(18)2)30(20,5)22-24(31)28(38)34(26(22)36)19-14-10-8-12-16(19)3/h7-14,21-24H,6H2,1-5H3. The highest BCUT2D eigenvalue weighted by Gasteiger charge is 2.81. The molecule has 206 valence electrons. The Morgan fingerprint density at radius 3 is 1.57 bits per heavy atom. The van der Waals surface area contributed by atoms with Crippen LogP contribution in [0.1, 0.15) is 31.9 Å². The minimum atomic E-state index is -1.46. The Balaban J connectivity index is 1.61. The topological polar surface area (TPSA) is 101 Å². The summed E-state index contributed by atoms with van der Waals surface area (Å²) >= 11 is 3.80. The Morgan fingerprint density at radius 1 is 0.775 bits per heavy atom. The van der Waals surface area contributed by atoms with Gasteiger partial charge in [-0.1, -0.05) is 59.3 Å². The number of ether oxygens (including phenoxy) is 1. The molecule has 1 saturated carbocycles. The summed E-state index contributed by atoms with van der Waals surface area (Å²) in [4.78, 5) is 73.2. The zero-order chi connectivity index (χ0) is 28.9. The van der Waals surface area contributed by atoms with E-state index in [0.29, 0.717) is 16.9 Å². The molecule has 7 rings (SSSR count). The molecular weight excluding hydrogens is 576 g/mol. The Kier molecular flexibility index (Phi) is 5.79. The lowest BCUT2D eigenvalue weighted by Crippen LogP contribution is -2.67. The van der Waals surface area contributed by atoms with Gasteiger partial charge in [-0.05, 0) is 56.5 Å². The van der Waals surface area contributed by atoms with Crippen molar-refractivity contribution in [1.82, 2.24) is 0 Å². The van der Waals surface area contributed by atoms with Gasteiger partial charge in [0, 0.05) is 11.0 Å². The molecule has 2 aromatic rings. The van der Waals surface area contributed by atoms with E-state index in [1.807, 2.05) is 38.1 Å². The summed E-state index contributed by atoms with van der Waals surface area (Å²) in [6.45, 7) is 8.78. The predicted molar refractivity (Wildman–Crippen MR) is 150 cm³/mol. The van der Waals surface area contributed by atoms with Gasteiger partial charge in [-0.3, -0.25) is 19.2 Å². The van der Waals surface area contributed by atoms with Gasteiger partial charge in [0.05, 0.1) is 46.0 Å². The molecule has 5 aliphatic rings. The molecule has 0 spiro atoms. The van der Waals surface area contributed by atoms with Gasteiger partial charge in [-0.2, -0.15) is 0 Å². The second-order valence-corrected chi connectivity index (χ2v) is 12.6. The summed E-state index contributed by atoms with van der Waals surface area (Å²) in [7, 11) is 0. The van der Waals surface area contributed by atoms with Crippen molar-refractivity contribution in [1.29, 1.82) is 0 Å². The molecule has 3 fully saturated rings. The van der Waals surface area contributed by atoms with Crippen LogP contribution in [0.15, 0.2) is 59.7 Å². The molecule has 4 unspecified atom stereocenters. The monoisotopic (exact) mass is 604 g/mol. The molecule has 2 aliphatic heterocycles. The molecule has 2 heterocycles. The van der Waals surface area contributed by atoms with Crippen LogP contribution in [0.3, 0.4) is 0 Å². The van der Waals surface area contributed by atoms with E-state index in [1.165, 1.54) is 9.80 Å². The van der Waals surface area contributed by atoms with Crippen molar-refractivity contribution in [2.45, 2.75) is 38.9 Å². The van der Waals surface area contributed by atoms with E-state index >= 15 is 0 Å². The van der Waals surface area contributed by atoms with Crippen LogP contribution in [0.25, 0.3) is 0 Å². The van der Waals surface area contributed by atoms with Gasteiger partial charge in [0.25, 0.3) is 0 Å². The van der Waals surface area contributed by atoms with E-state index in [-0.39, 0.29) is 12.2 Å². The first-order valence-corrected chi connectivity index (χ1v) is 14.2. The molecule has 2 bridgehead atoms. The maximum absolute atomic E-state index is 14.4. The van der Waals surface area contributed by atoms with Crippen LogP contribution in [-0.4, -0.2) is 40.5 Å². The predicted octanol–water partition coefficient (Wildman–Crippen LogP) is 4.26. The van der Waals surface area contributed by atoms with Crippen LogP contribution >= 0.6 is 15.9 Å². The lowest BCUT2D eigenvalue weighted by molar-refractivity contribution is -0.152. The minimum absolute atomic E-state index is 0.0909. The SMILES string of the molecule is CCOC(=O)C1=C(C)C2(Br)C3C(=O)N(c4ccccc4C)C(=O)C3C1(C)C1C(=O)N(c3ccccc3C)C(=O)C12. The molecule has 2 aromatic carbocycles. The Hall–Kier alpha value is -3.59. The molecule has 4 atom stereocenters. The zero-order valence-corrected chi connectivity index (χ0v) is 24.4. The fourth-order valence-corrected chi connectivity index (χ4v) is 8.95. The third kappa shape index (κ3) is 2.99. The number of allylic oxidation sites excluding steroid dienone is 1. The first-order chi connectivity index (χ1) is 18.9.